The Morgan fingerprint density at radius 1 is 1.41 bits per heavy atom. The van der Waals surface area contributed by atoms with Crippen LogP contribution in [0, 0.1) is 5.92 Å². The number of nitrogens with zero attached hydrogens (tertiary/aromatic N) is 1. The molecule has 0 atom stereocenters. The third-order valence-corrected chi connectivity index (χ3v) is 4.55. The second-order valence-electron chi connectivity index (χ2n) is 5.89. The van der Waals surface area contributed by atoms with Gasteiger partial charge in [0.15, 0.2) is 0 Å². The maximum Gasteiger partial charge on any atom is 0.325 e. The van der Waals surface area contributed by atoms with E-state index in [2.05, 4.69) is 17.6 Å². The van der Waals surface area contributed by atoms with Crippen LogP contribution in [-0.2, 0) is 9.59 Å². The molecule has 0 unspecified atom stereocenters. The first-order valence-corrected chi connectivity index (χ1v) is 7.63. The van der Waals surface area contributed by atoms with E-state index < -0.39 is 11.6 Å². The van der Waals surface area contributed by atoms with Gasteiger partial charge in [0.2, 0.25) is 5.91 Å². The quantitative estimate of drug-likeness (QED) is 0.633. The van der Waals surface area contributed by atoms with E-state index in [0.29, 0.717) is 31.8 Å². The molecule has 0 aromatic heterocycles. The van der Waals surface area contributed by atoms with Gasteiger partial charge in [0, 0.05) is 13.1 Å². The van der Waals surface area contributed by atoms with Crippen LogP contribution in [0.25, 0.3) is 0 Å². The summed E-state index contributed by atoms with van der Waals surface area (Å²) in [5.41, 5.74) is 4.52. The third-order valence-electron chi connectivity index (χ3n) is 4.55. The van der Waals surface area contributed by atoms with Crippen molar-refractivity contribution in [3.63, 3.8) is 0 Å². The highest BCUT2D eigenvalue weighted by molar-refractivity contribution is 6.09. The van der Waals surface area contributed by atoms with Crippen LogP contribution in [0.5, 0.6) is 0 Å². The third kappa shape index (κ3) is 3.70. The Morgan fingerprint density at radius 2 is 2.05 bits per heavy atom. The van der Waals surface area contributed by atoms with Gasteiger partial charge in [-0.1, -0.05) is 13.3 Å². The molecule has 0 aromatic rings. The summed E-state index contributed by atoms with van der Waals surface area (Å²) in [5.74, 6) is 0.00965. The van der Waals surface area contributed by atoms with Crippen LogP contribution in [0.3, 0.4) is 0 Å². The molecule has 0 bridgehead atoms. The second-order valence-corrected chi connectivity index (χ2v) is 5.89. The van der Waals surface area contributed by atoms with Crippen LogP contribution >= 0.6 is 12.4 Å². The number of hydrogen-bond donors (Lipinski definition) is 3. The molecule has 0 radical (unpaired) electrons. The fraction of sp³-hybridized carbons (Fsp3) is 0.786. The van der Waals surface area contributed by atoms with Crippen molar-refractivity contribution in [3.05, 3.63) is 0 Å². The molecule has 1 spiro atoms. The van der Waals surface area contributed by atoms with E-state index in [1.54, 1.807) is 0 Å². The Morgan fingerprint density at radius 3 is 2.59 bits per heavy atom. The van der Waals surface area contributed by atoms with Crippen molar-refractivity contribution >= 4 is 30.3 Å². The SMILES string of the molecule is CCC1CCC2(CC1)NC(=O)N(CC(=O)NCCN)C2=O.Cl. The lowest BCUT2D eigenvalue weighted by atomic mass is 9.75. The van der Waals surface area contributed by atoms with E-state index in [-0.39, 0.29) is 30.8 Å². The van der Waals surface area contributed by atoms with E-state index in [1.165, 1.54) is 0 Å². The first kappa shape index (κ1) is 18.7. The largest absolute Gasteiger partial charge is 0.353 e. The molecule has 1 heterocycles. The zero-order valence-electron chi connectivity index (χ0n) is 12.9. The second kappa shape index (κ2) is 7.78. The zero-order chi connectivity index (χ0) is 15.5. The summed E-state index contributed by atoms with van der Waals surface area (Å²) in [7, 11) is 0. The molecule has 126 valence electrons. The van der Waals surface area contributed by atoms with Crippen LogP contribution in [0.2, 0.25) is 0 Å². The molecule has 1 aliphatic heterocycles. The molecule has 4 N–H and O–H groups in total. The van der Waals surface area contributed by atoms with Gasteiger partial charge in [-0.25, -0.2) is 4.79 Å². The van der Waals surface area contributed by atoms with Gasteiger partial charge in [-0.2, -0.15) is 0 Å². The number of amides is 4. The normalized spacial score (nSPS) is 27.5. The highest BCUT2D eigenvalue weighted by Gasteiger charge is 2.52. The van der Waals surface area contributed by atoms with Crippen molar-refractivity contribution < 1.29 is 14.4 Å². The highest BCUT2D eigenvalue weighted by Crippen LogP contribution is 2.37. The number of imide groups is 1. The fourth-order valence-corrected chi connectivity index (χ4v) is 3.15. The molecule has 7 nitrogen and oxygen atoms in total. The van der Waals surface area contributed by atoms with Gasteiger partial charge in [-0.15, -0.1) is 12.4 Å². The van der Waals surface area contributed by atoms with Crippen molar-refractivity contribution in [3.8, 4) is 0 Å². The topological polar surface area (TPSA) is 105 Å². The molecule has 8 heteroatoms. The number of rotatable bonds is 5. The number of hydrogen-bond acceptors (Lipinski definition) is 4. The standard InChI is InChI=1S/C14H24N4O3.ClH/c1-2-10-3-5-14(6-4-10)12(20)18(13(21)17-14)9-11(19)16-8-7-15;/h10H,2-9,15H2,1H3,(H,16,19)(H,17,21);1H. The number of urea groups is 1. The summed E-state index contributed by atoms with van der Waals surface area (Å²) < 4.78 is 0. The minimum absolute atomic E-state index is 0. The molecule has 2 fully saturated rings. The average Bonchev–Trinajstić information content (AvgIpc) is 2.70. The molecule has 1 saturated heterocycles. The van der Waals surface area contributed by atoms with E-state index in [4.69, 9.17) is 5.73 Å². The number of halogens is 1. The Hall–Kier alpha value is -1.34. The van der Waals surface area contributed by atoms with Crippen molar-refractivity contribution in [2.45, 2.75) is 44.6 Å². The molecular weight excluding hydrogens is 308 g/mol. The van der Waals surface area contributed by atoms with Crippen LogP contribution < -0.4 is 16.4 Å². The van der Waals surface area contributed by atoms with Gasteiger partial charge < -0.3 is 16.4 Å². The Kier molecular flexibility index (Phi) is 6.62. The molecular formula is C14H25ClN4O3. The lowest BCUT2D eigenvalue weighted by molar-refractivity contribution is -0.136. The minimum Gasteiger partial charge on any atom is -0.353 e. The number of carbonyl (C=O) groups is 3. The van der Waals surface area contributed by atoms with Crippen molar-refractivity contribution in [2.24, 2.45) is 11.7 Å². The molecule has 2 rings (SSSR count). The monoisotopic (exact) mass is 332 g/mol. The Bertz CT molecular complexity index is 436. The van der Waals surface area contributed by atoms with E-state index in [9.17, 15) is 14.4 Å². The maximum absolute atomic E-state index is 12.5. The van der Waals surface area contributed by atoms with Crippen molar-refractivity contribution in [2.75, 3.05) is 19.6 Å². The van der Waals surface area contributed by atoms with Gasteiger partial charge in [0.05, 0.1) is 0 Å². The average molecular weight is 333 g/mol. The predicted molar refractivity (Wildman–Crippen MR) is 84.5 cm³/mol. The van der Waals surface area contributed by atoms with Crippen molar-refractivity contribution in [1.29, 1.82) is 0 Å². The lowest BCUT2D eigenvalue weighted by Gasteiger charge is -2.34. The summed E-state index contributed by atoms with van der Waals surface area (Å²) >= 11 is 0. The predicted octanol–water partition coefficient (Wildman–Crippen LogP) is 0.374. The van der Waals surface area contributed by atoms with Crippen LogP contribution in [0.15, 0.2) is 0 Å². The summed E-state index contributed by atoms with van der Waals surface area (Å²) in [5, 5.41) is 5.38. The smallest absolute Gasteiger partial charge is 0.325 e. The van der Waals surface area contributed by atoms with E-state index in [0.717, 1.165) is 24.2 Å². The summed E-state index contributed by atoms with van der Waals surface area (Å²) in [6, 6.07) is -0.460. The lowest BCUT2D eigenvalue weighted by Crippen LogP contribution is -2.50. The number of carbonyl (C=O) groups excluding carboxylic acids is 3. The van der Waals surface area contributed by atoms with Crippen molar-refractivity contribution in [1.82, 2.24) is 15.5 Å². The number of nitrogens with one attached hydrogen (secondary N) is 2. The summed E-state index contributed by atoms with van der Waals surface area (Å²) in [6.07, 6.45) is 4.31. The van der Waals surface area contributed by atoms with Crippen LogP contribution in [-0.4, -0.2) is 47.9 Å². The molecule has 22 heavy (non-hydrogen) atoms. The molecule has 2 aliphatic rings. The first-order chi connectivity index (χ1) is 10.0. The summed E-state index contributed by atoms with van der Waals surface area (Å²) in [4.78, 5) is 37.2. The molecule has 0 aromatic carbocycles. The van der Waals surface area contributed by atoms with Gasteiger partial charge in [0.25, 0.3) is 5.91 Å². The van der Waals surface area contributed by atoms with Crippen LogP contribution in [0.4, 0.5) is 4.79 Å². The number of nitrogens with two attached hydrogens (primary N) is 1. The van der Waals surface area contributed by atoms with Gasteiger partial charge in [-0.3, -0.25) is 14.5 Å². The zero-order valence-corrected chi connectivity index (χ0v) is 13.7. The van der Waals surface area contributed by atoms with Crippen LogP contribution in [0.1, 0.15) is 39.0 Å². The fourth-order valence-electron chi connectivity index (χ4n) is 3.15. The minimum atomic E-state index is -0.781. The van der Waals surface area contributed by atoms with Gasteiger partial charge in [-0.05, 0) is 31.6 Å². The maximum atomic E-state index is 12.5. The van der Waals surface area contributed by atoms with Gasteiger partial charge in [0.1, 0.15) is 12.1 Å². The van der Waals surface area contributed by atoms with E-state index >= 15 is 0 Å². The Labute approximate surface area is 136 Å². The molecule has 4 amide bonds. The summed E-state index contributed by atoms with van der Waals surface area (Å²) in [6.45, 7) is 2.58. The van der Waals surface area contributed by atoms with Gasteiger partial charge >= 0.3 is 6.03 Å². The molecule has 1 saturated carbocycles. The van der Waals surface area contributed by atoms with E-state index in [1.807, 2.05) is 0 Å². The highest BCUT2D eigenvalue weighted by atomic mass is 35.5. The Balaban J connectivity index is 0.00000242. The molecule has 1 aliphatic carbocycles. The first-order valence-electron chi connectivity index (χ1n) is 7.63.